The molecule has 0 radical (unpaired) electrons. The number of carbonyl (C=O) groups is 3. The third kappa shape index (κ3) is 3.24. The number of hydrogen-bond donors (Lipinski definition) is 2. The second-order valence-corrected chi connectivity index (χ2v) is 7.94. The van der Waals surface area contributed by atoms with Gasteiger partial charge in [-0.25, -0.2) is 0 Å². The predicted molar refractivity (Wildman–Crippen MR) is 127 cm³/mol. The molecule has 0 heterocycles. The van der Waals surface area contributed by atoms with Gasteiger partial charge in [0.1, 0.15) is 0 Å². The van der Waals surface area contributed by atoms with Crippen LogP contribution in [0.25, 0.3) is 11.1 Å². The summed E-state index contributed by atoms with van der Waals surface area (Å²) in [5.74, 6) is -0.942. The van der Waals surface area contributed by atoms with Crippen molar-refractivity contribution < 1.29 is 14.4 Å². The molecule has 0 aromatic heterocycles. The van der Waals surface area contributed by atoms with Gasteiger partial charge >= 0.3 is 0 Å². The Kier molecular flexibility index (Phi) is 4.96. The smallest absolute Gasteiger partial charge is 0.255 e. The number of hydrogen-bond acceptors (Lipinski definition) is 4. The van der Waals surface area contributed by atoms with Gasteiger partial charge < -0.3 is 5.32 Å². The maximum atomic E-state index is 13.6. The van der Waals surface area contributed by atoms with Crippen LogP contribution in [0.5, 0.6) is 0 Å². The Morgan fingerprint density at radius 1 is 0.625 bits per heavy atom. The zero-order valence-electron chi connectivity index (χ0n) is 16.8. The van der Waals surface area contributed by atoms with Crippen LogP contribution >= 0.6 is 12.6 Å². The molecule has 0 unspecified atom stereocenters. The van der Waals surface area contributed by atoms with Gasteiger partial charge in [-0.05, 0) is 35.4 Å². The van der Waals surface area contributed by atoms with Gasteiger partial charge in [0.2, 0.25) is 0 Å². The Morgan fingerprint density at radius 3 is 1.94 bits per heavy atom. The second-order valence-electron chi connectivity index (χ2n) is 7.45. The summed E-state index contributed by atoms with van der Waals surface area (Å²) >= 11 is 4.46. The summed E-state index contributed by atoms with van der Waals surface area (Å²) in [5.41, 5.74) is 3.38. The molecule has 5 rings (SSSR count). The standard InChI is InChI=1S/C27H17NO3S/c29-25-20-14-15-21(32)24(28-27(31)17-10-5-2-6-11-17)23(20)26(30)19-13-7-12-18(22(19)25)16-8-3-1-4-9-16/h1-15,32H,(H,28,31). The molecule has 0 saturated heterocycles. The first-order valence-corrected chi connectivity index (χ1v) is 10.5. The van der Waals surface area contributed by atoms with Gasteiger partial charge in [0.25, 0.3) is 5.91 Å². The van der Waals surface area contributed by atoms with Crippen molar-refractivity contribution in [3.05, 3.63) is 119 Å². The Hall–Kier alpha value is -3.96. The van der Waals surface area contributed by atoms with Gasteiger partial charge in [-0.3, -0.25) is 14.4 Å². The maximum absolute atomic E-state index is 13.6. The first kappa shape index (κ1) is 20.0. The molecule has 4 nitrogen and oxygen atoms in total. The third-order valence-electron chi connectivity index (χ3n) is 5.55. The number of amides is 1. The van der Waals surface area contributed by atoms with Crippen LogP contribution in [0.2, 0.25) is 0 Å². The largest absolute Gasteiger partial charge is 0.320 e. The van der Waals surface area contributed by atoms with Crippen LogP contribution in [0.3, 0.4) is 0 Å². The van der Waals surface area contributed by atoms with Gasteiger partial charge in [0.15, 0.2) is 11.6 Å². The number of ketones is 2. The molecule has 4 aromatic rings. The van der Waals surface area contributed by atoms with Gasteiger partial charge in [-0.15, -0.1) is 12.6 Å². The highest BCUT2D eigenvalue weighted by molar-refractivity contribution is 7.80. The molecule has 1 N–H and O–H groups in total. The number of carbonyl (C=O) groups excluding carboxylic acids is 3. The molecule has 1 aliphatic carbocycles. The summed E-state index contributed by atoms with van der Waals surface area (Å²) in [6.45, 7) is 0. The van der Waals surface area contributed by atoms with Crippen LogP contribution in [0.4, 0.5) is 5.69 Å². The van der Waals surface area contributed by atoms with E-state index in [1.54, 1.807) is 48.5 Å². The van der Waals surface area contributed by atoms with E-state index in [4.69, 9.17) is 0 Å². The summed E-state index contributed by atoms with van der Waals surface area (Å²) in [6.07, 6.45) is 0. The SMILES string of the molecule is O=C(Nc1c(S)ccc2c1C(=O)c1cccc(-c3ccccc3)c1C2=O)c1ccccc1. The zero-order valence-corrected chi connectivity index (χ0v) is 17.7. The molecule has 0 spiro atoms. The highest BCUT2D eigenvalue weighted by Gasteiger charge is 2.34. The van der Waals surface area contributed by atoms with Gasteiger partial charge in [0, 0.05) is 27.1 Å². The molecule has 32 heavy (non-hydrogen) atoms. The molecular formula is C27H17NO3S. The van der Waals surface area contributed by atoms with E-state index in [9.17, 15) is 14.4 Å². The van der Waals surface area contributed by atoms with Crippen molar-refractivity contribution in [3.8, 4) is 11.1 Å². The summed E-state index contributed by atoms with van der Waals surface area (Å²) in [4.78, 5) is 40.4. The van der Waals surface area contributed by atoms with E-state index >= 15 is 0 Å². The number of benzene rings is 4. The first-order chi connectivity index (χ1) is 15.6. The van der Waals surface area contributed by atoms with Crippen molar-refractivity contribution in [1.29, 1.82) is 0 Å². The molecule has 1 aliphatic rings. The van der Waals surface area contributed by atoms with Crippen LogP contribution in [0, 0.1) is 0 Å². The van der Waals surface area contributed by atoms with E-state index in [1.807, 2.05) is 42.5 Å². The van der Waals surface area contributed by atoms with Crippen molar-refractivity contribution in [2.24, 2.45) is 0 Å². The van der Waals surface area contributed by atoms with Crippen molar-refractivity contribution in [3.63, 3.8) is 0 Å². The number of anilines is 1. The molecule has 0 aliphatic heterocycles. The fourth-order valence-electron chi connectivity index (χ4n) is 4.03. The molecule has 0 fully saturated rings. The highest BCUT2D eigenvalue weighted by Crippen LogP contribution is 2.39. The van der Waals surface area contributed by atoms with Crippen molar-refractivity contribution >= 4 is 35.8 Å². The first-order valence-electron chi connectivity index (χ1n) is 10.1. The Balaban J connectivity index is 1.65. The molecule has 0 atom stereocenters. The molecular weight excluding hydrogens is 418 g/mol. The molecule has 0 bridgehead atoms. The van der Waals surface area contributed by atoms with E-state index < -0.39 is 0 Å². The van der Waals surface area contributed by atoms with Crippen LogP contribution in [0.1, 0.15) is 42.2 Å². The number of nitrogens with one attached hydrogen (secondary N) is 1. The van der Waals surface area contributed by atoms with Gasteiger partial charge in [-0.2, -0.15) is 0 Å². The van der Waals surface area contributed by atoms with Crippen LogP contribution in [-0.2, 0) is 0 Å². The minimum Gasteiger partial charge on any atom is -0.320 e. The van der Waals surface area contributed by atoms with E-state index in [-0.39, 0.29) is 34.3 Å². The Bertz CT molecular complexity index is 1400. The molecule has 154 valence electrons. The summed E-state index contributed by atoms with van der Waals surface area (Å²) < 4.78 is 0. The lowest BCUT2D eigenvalue weighted by molar-refractivity contribution is 0.0979. The minimum atomic E-state index is -0.376. The van der Waals surface area contributed by atoms with E-state index in [1.165, 1.54) is 0 Å². The summed E-state index contributed by atoms with van der Waals surface area (Å²) in [5, 5.41) is 2.79. The molecule has 0 saturated carbocycles. The lowest BCUT2D eigenvalue weighted by Gasteiger charge is -2.23. The highest BCUT2D eigenvalue weighted by atomic mass is 32.1. The van der Waals surface area contributed by atoms with Crippen LogP contribution < -0.4 is 5.32 Å². The Labute approximate surface area is 190 Å². The lowest BCUT2D eigenvalue weighted by Crippen LogP contribution is -2.25. The average molecular weight is 436 g/mol. The van der Waals surface area contributed by atoms with Crippen molar-refractivity contribution in [1.82, 2.24) is 0 Å². The third-order valence-corrected chi connectivity index (χ3v) is 5.92. The normalized spacial score (nSPS) is 12.2. The van der Waals surface area contributed by atoms with Gasteiger partial charge in [0.05, 0.1) is 11.3 Å². The maximum Gasteiger partial charge on any atom is 0.255 e. The van der Waals surface area contributed by atoms with E-state index in [0.717, 1.165) is 5.56 Å². The molecule has 1 amide bonds. The quantitative estimate of drug-likeness (QED) is 0.359. The molecule has 5 heteroatoms. The fourth-order valence-corrected chi connectivity index (χ4v) is 4.27. The molecule has 4 aromatic carbocycles. The average Bonchev–Trinajstić information content (AvgIpc) is 2.84. The minimum absolute atomic E-state index is 0.171. The number of rotatable bonds is 3. The zero-order chi connectivity index (χ0) is 22.2. The van der Waals surface area contributed by atoms with Gasteiger partial charge in [-0.1, -0.05) is 66.7 Å². The number of fused-ring (bicyclic) bond motifs is 2. The van der Waals surface area contributed by atoms with E-state index in [0.29, 0.717) is 27.1 Å². The van der Waals surface area contributed by atoms with E-state index in [2.05, 4.69) is 17.9 Å². The van der Waals surface area contributed by atoms with Crippen molar-refractivity contribution in [2.75, 3.05) is 5.32 Å². The predicted octanol–water partition coefficient (Wildman–Crippen LogP) is 5.67. The number of thiol groups is 1. The monoisotopic (exact) mass is 435 g/mol. The topological polar surface area (TPSA) is 63.2 Å². The second kappa shape index (κ2) is 7.94. The van der Waals surface area contributed by atoms with Crippen LogP contribution in [0.15, 0.2) is 95.9 Å². The summed E-state index contributed by atoms with van der Waals surface area (Å²) in [6, 6.07) is 26.7. The Morgan fingerprint density at radius 2 is 1.22 bits per heavy atom. The van der Waals surface area contributed by atoms with Crippen LogP contribution in [-0.4, -0.2) is 17.5 Å². The summed E-state index contributed by atoms with van der Waals surface area (Å²) in [7, 11) is 0. The van der Waals surface area contributed by atoms with Crippen molar-refractivity contribution in [2.45, 2.75) is 4.90 Å². The fraction of sp³-hybridized carbons (Fsp3) is 0. The lowest BCUT2D eigenvalue weighted by atomic mass is 9.80.